The van der Waals surface area contributed by atoms with Crippen molar-refractivity contribution >= 4 is 22.4 Å². The van der Waals surface area contributed by atoms with Gasteiger partial charge in [-0.15, -0.1) is 0 Å². The van der Waals surface area contributed by atoms with Gasteiger partial charge in [-0.3, -0.25) is 9.48 Å². The quantitative estimate of drug-likeness (QED) is 0.474. The molecule has 1 saturated carbocycles. The zero-order chi connectivity index (χ0) is 22.9. The number of nitriles is 1. The van der Waals surface area contributed by atoms with E-state index in [-0.39, 0.29) is 30.1 Å². The molecule has 1 aliphatic rings. The molecule has 1 aromatic carbocycles. The van der Waals surface area contributed by atoms with Crippen molar-refractivity contribution in [3.8, 4) is 6.07 Å². The number of anilines is 2. The van der Waals surface area contributed by atoms with Crippen molar-refractivity contribution < 1.29 is 13.2 Å². The van der Waals surface area contributed by atoms with E-state index in [0.29, 0.717) is 28.3 Å². The molecule has 32 heavy (non-hydrogen) atoms. The van der Waals surface area contributed by atoms with Gasteiger partial charge in [0, 0.05) is 11.9 Å². The molecule has 1 fully saturated rings. The van der Waals surface area contributed by atoms with Gasteiger partial charge in [0.1, 0.15) is 11.4 Å². The summed E-state index contributed by atoms with van der Waals surface area (Å²) in [6.45, 7) is 1.80. The average Bonchev–Trinajstić information content (AvgIpc) is 3.53. The lowest BCUT2D eigenvalue weighted by Crippen LogP contribution is -2.33. The lowest BCUT2D eigenvalue weighted by molar-refractivity contribution is -0.157. The highest BCUT2D eigenvalue weighted by Gasteiger charge is 2.40. The molecule has 3 N–H and O–H groups in total. The van der Waals surface area contributed by atoms with Crippen LogP contribution in [0.4, 0.5) is 24.7 Å². The van der Waals surface area contributed by atoms with Gasteiger partial charge >= 0.3 is 6.18 Å². The Labute approximate surface area is 182 Å². The Balaban J connectivity index is 1.68. The summed E-state index contributed by atoms with van der Waals surface area (Å²) in [6.07, 6.45) is -0.576. The van der Waals surface area contributed by atoms with Crippen LogP contribution in [-0.2, 0) is 0 Å². The summed E-state index contributed by atoms with van der Waals surface area (Å²) < 4.78 is 41.7. The third kappa shape index (κ3) is 4.34. The first-order chi connectivity index (χ1) is 15.3. The molecular weight excluding hydrogens is 421 g/mol. The van der Waals surface area contributed by atoms with E-state index in [1.165, 1.54) is 30.5 Å². The van der Waals surface area contributed by atoms with Crippen LogP contribution in [-0.4, -0.2) is 27.5 Å². The second-order valence-corrected chi connectivity index (χ2v) is 7.91. The molecule has 2 atom stereocenters. The second kappa shape index (κ2) is 8.67. The standard InChI is InChI=1S/C22H23F3N6O/c1-2-27-19(22(23,24)25)14-5-7-15(8-6-14)29-20-18-17(10-12-28-21(18)32)31(30-20)16(9-11-26)13-3-4-13/h5-8,10,12-13,16,19,27H,2-4,9H2,1H3,(H,28,32)(H,29,30). The highest BCUT2D eigenvalue weighted by atomic mass is 19.4. The second-order valence-electron chi connectivity index (χ2n) is 7.91. The van der Waals surface area contributed by atoms with Crippen LogP contribution in [0.5, 0.6) is 0 Å². The fourth-order valence-electron chi connectivity index (χ4n) is 3.99. The average molecular weight is 444 g/mol. The molecule has 10 heteroatoms. The maximum Gasteiger partial charge on any atom is 0.407 e. The molecule has 2 aromatic heterocycles. The summed E-state index contributed by atoms with van der Waals surface area (Å²) in [4.78, 5) is 15.2. The number of aromatic amines is 1. The minimum Gasteiger partial charge on any atom is -0.338 e. The van der Waals surface area contributed by atoms with Gasteiger partial charge in [-0.2, -0.15) is 23.5 Å². The molecule has 0 amide bonds. The van der Waals surface area contributed by atoms with Gasteiger partial charge in [-0.05, 0) is 49.1 Å². The highest BCUT2D eigenvalue weighted by Crippen LogP contribution is 2.43. The predicted octanol–water partition coefficient (Wildman–Crippen LogP) is 4.55. The third-order valence-electron chi connectivity index (χ3n) is 5.65. The molecule has 2 heterocycles. The fourth-order valence-corrected chi connectivity index (χ4v) is 3.99. The van der Waals surface area contributed by atoms with E-state index in [9.17, 15) is 23.2 Å². The molecule has 0 spiro atoms. The fraction of sp³-hybridized carbons (Fsp3) is 0.409. The summed E-state index contributed by atoms with van der Waals surface area (Å²) >= 11 is 0. The monoisotopic (exact) mass is 444 g/mol. The number of nitrogens with one attached hydrogen (secondary N) is 3. The molecule has 2 unspecified atom stereocenters. The minimum absolute atomic E-state index is 0.0981. The van der Waals surface area contributed by atoms with Crippen molar-refractivity contribution in [2.75, 3.05) is 11.9 Å². The Bertz CT molecular complexity index is 1190. The number of fused-ring (bicyclic) bond motifs is 1. The number of halogens is 3. The highest BCUT2D eigenvalue weighted by molar-refractivity contribution is 5.91. The number of aromatic nitrogens is 3. The number of benzene rings is 1. The lowest BCUT2D eigenvalue weighted by Gasteiger charge is -2.21. The molecule has 1 aliphatic carbocycles. The van der Waals surface area contributed by atoms with Gasteiger partial charge < -0.3 is 15.6 Å². The van der Waals surface area contributed by atoms with E-state index in [4.69, 9.17) is 0 Å². The van der Waals surface area contributed by atoms with E-state index in [0.717, 1.165) is 12.8 Å². The van der Waals surface area contributed by atoms with Crippen molar-refractivity contribution in [1.29, 1.82) is 5.26 Å². The maximum absolute atomic E-state index is 13.3. The Hall–Kier alpha value is -3.32. The Morgan fingerprint density at radius 3 is 2.59 bits per heavy atom. The molecule has 4 rings (SSSR count). The predicted molar refractivity (Wildman–Crippen MR) is 115 cm³/mol. The van der Waals surface area contributed by atoms with Crippen LogP contribution in [0.25, 0.3) is 10.9 Å². The number of nitrogens with zero attached hydrogens (tertiary/aromatic N) is 3. The van der Waals surface area contributed by atoms with Gasteiger partial charge in [0.15, 0.2) is 5.82 Å². The summed E-state index contributed by atoms with van der Waals surface area (Å²) in [5.41, 5.74) is 0.887. The largest absolute Gasteiger partial charge is 0.407 e. The normalized spacial score (nSPS) is 16.0. The molecule has 0 saturated heterocycles. The zero-order valence-corrected chi connectivity index (χ0v) is 17.4. The van der Waals surface area contributed by atoms with Crippen molar-refractivity contribution in [2.45, 2.75) is 44.4 Å². The first-order valence-electron chi connectivity index (χ1n) is 10.5. The van der Waals surface area contributed by atoms with Crippen molar-refractivity contribution in [2.24, 2.45) is 5.92 Å². The molecule has 0 radical (unpaired) electrons. The van der Waals surface area contributed by atoms with Crippen molar-refractivity contribution in [1.82, 2.24) is 20.1 Å². The van der Waals surface area contributed by atoms with Gasteiger partial charge in [0.2, 0.25) is 0 Å². The minimum atomic E-state index is -4.41. The first-order valence-corrected chi connectivity index (χ1v) is 10.5. The number of rotatable bonds is 8. The van der Waals surface area contributed by atoms with Gasteiger partial charge in [-0.1, -0.05) is 19.1 Å². The van der Waals surface area contributed by atoms with E-state index >= 15 is 0 Å². The summed E-state index contributed by atoms with van der Waals surface area (Å²) in [5.74, 6) is 0.645. The maximum atomic E-state index is 13.3. The van der Waals surface area contributed by atoms with E-state index in [1.807, 2.05) is 0 Å². The van der Waals surface area contributed by atoms with Crippen LogP contribution >= 0.6 is 0 Å². The topological polar surface area (TPSA) is 98.5 Å². The Morgan fingerprint density at radius 2 is 2.00 bits per heavy atom. The summed E-state index contributed by atoms with van der Waals surface area (Å²) in [6, 6.07) is 7.91. The smallest absolute Gasteiger partial charge is 0.338 e. The van der Waals surface area contributed by atoms with Crippen molar-refractivity contribution in [3.63, 3.8) is 0 Å². The Kier molecular flexibility index (Phi) is 5.93. The van der Waals surface area contributed by atoms with Gasteiger partial charge in [-0.25, -0.2) is 0 Å². The molecule has 7 nitrogen and oxygen atoms in total. The van der Waals surface area contributed by atoms with Crippen LogP contribution in [0, 0.1) is 17.2 Å². The molecule has 0 aliphatic heterocycles. The first kappa shape index (κ1) is 21.9. The van der Waals surface area contributed by atoms with E-state index in [2.05, 4.69) is 26.8 Å². The van der Waals surface area contributed by atoms with E-state index < -0.39 is 12.2 Å². The number of pyridine rings is 1. The van der Waals surface area contributed by atoms with Crippen LogP contribution in [0.15, 0.2) is 41.3 Å². The van der Waals surface area contributed by atoms with Gasteiger partial charge in [0.25, 0.3) is 5.56 Å². The number of hydrogen-bond acceptors (Lipinski definition) is 5. The molecular formula is C22H23F3N6O. The molecule has 0 bridgehead atoms. The van der Waals surface area contributed by atoms with Crippen LogP contribution in [0.2, 0.25) is 0 Å². The third-order valence-corrected chi connectivity index (χ3v) is 5.65. The van der Waals surface area contributed by atoms with Crippen molar-refractivity contribution in [3.05, 3.63) is 52.4 Å². The number of H-pyrrole nitrogens is 1. The SMILES string of the molecule is CCNC(c1ccc(Nc2nn(C(CC#N)C3CC3)c3cc[nH]c(=O)c23)cc1)C(F)(F)F. The summed E-state index contributed by atoms with van der Waals surface area (Å²) in [5, 5.41) is 19.7. The van der Waals surface area contributed by atoms with Crippen LogP contribution < -0.4 is 16.2 Å². The molecule has 3 aromatic rings. The van der Waals surface area contributed by atoms with Crippen LogP contribution in [0.1, 0.15) is 43.8 Å². The lowest BCUT2D eigenvalue weighted by atomic mass is 10.1. The van der Waals surface area contributed by atoms with E-state index in [1.54, 1.807) is 17.7 Å². The molecule has 168 valence electrons. The van der Waals surface area contributed by atoms with Crippen LogP contribution in [0.3, 0.4) is 0 Å². The Morgan fingerprint density at radius 1 is 1.28 bits per heavy atom. The number of alkyl halides is 3. The van der Waals surface area contributed by atoms with Gasteiger partial charge in [0.05, 0.1) is 24.0 Å². The number of hydrogen-bond donors (Lipinski definition) is 3. The zero-order valence-electron chi connectivity index (χ0n) is 17.4. The summed E-state index contributed by atoms with van der Waals surface area (Å²) in [7, 11) is 0.